The van der Waals surface area contributed by atoms with E-state index in [-0.39, 0.29) is 5.75 Å². The second-order valence-electron chi connectivity index (χ2n) is 3.62. The number of rotatable bonds is 3. The molecule has 0 radical (unpaired) electrons. The molecule has 1 N–H and O–H groups in total. The lowest BCUT2D eigenvalue weighted by molar-refractivity contribution is 0.106. The molecule has 0 heterocycles. The van der Waals surface area contributed by atoms with E-state index in [0.29, 0.717) is 0 Å². The summed E-state index contributed by atoms with van der Waals surface area (Å²) >= 11 is 0. The third kappa shape index (κ3) is 3.70. The molecule has 0 saturated heterocycles. The topological polar surface area (TPSA) is 37.3 Å². The van der Waals surface area contributed by atoms with Gasteiger partial charge in [0.15, 0.2) is 0 Å². The van der Waals surface area contributed by atoms with Crippen LogP contribution in [-0.2, 0) is 10.8 Å². The molecule has 0 aliphatic rings. The molecule has 13 heavy (non-hydrogen) atoms. The van der Waals surface area contributed by atoms with Crippen LogP contribution in [0, 0.1) is 0 Å². The zero-order valence-corrected chi connectivity index (χ0v) is 8.67. The molecule has 1 rings (SSSR count). The van der Waals surface area contributed by atoms with E-state index in [4.69, 9.17) is 0 Å². The third-order valence-electron chi connectivity index (χ3n) is 1.49. The lowest BCUT2D eigenvalue weighted by atomic mass is 10.2. The predicted octanol–water partition coefficient (Wildman–Crippen LogP) is 1.57. The van der Waals surface area contributed by atoms with Gasteiger partial charge in [-0.15, -0.1) is 0 Å². The fraction of sp³-hybridized carbons (Fsp3) is 0.400. The zero-order chi connectivity index (χ0) is 9.90. The van der Waals surface area contributed by atoms with Crippen molar-refractivity contribution in [3.8, 4) is 0 Å². The molecule has 0 fully saturated rings. The maximum atomic E-state index is 11.6. The summed E-state index contributed by atoms with van der Waals surface area (Å²) in [7, 11) is -1.10. The van der Waals surface area contributed by atoms with Gasteiger partial charge in [0.25, 0.3) is 0 Å². The molecule has 1 aromatic rings. The quantitative estimate of drug-likeness (QED) is 0.800. The highest BCUT2D eigenvalue weighted by molar-refractivity contribution is 7.85. The molecule has 1 atom stereocenters. The second kappa shape index (κ2) is 4.03. The van der Waals surface area contributed by atoms with Gasteiger partial charge in [0.1, 0.15) is 0 Å². The van der Waals surface area contributed by atoms with Crippen molar-refractivity contribution in [3.63, 3.8) is 0 Å². The monoisotopic (exact) mass is 198 g/mol. The summed E-state index contributed by atoms with van der Waals surface area (Å²) in [6.07, 6.45) is 0. The molecule has 72 valence electrons. The highest BCUT2D eigenvalue weighted by Gasteiger charge is 2.17. The molecule has 0 aliphatic carbocycles. The Hall–Kier alpha value is -0.670. The summed E-state index contributed by atoms with van der Waals surface area (Å²) < 4.78 is 11.6. The maximum absolute atomic E-state index is 11.6. The molecule has 0 bridgehead atoms. The molecule has 0 saturated carbocycles. The van der Waals surface area contributed by atoms with Gasteiger partial charge in [-0.2, -0.15) is 0 Å². The first-order chi connectivity index (χ1) is 5.99. The second-order valence-corrected chi connectivity index (χ2v) is 5.07. The van der Waals surface area contributed by atoms with Crippen LogP contribution in [0.5, 0.6) is 0 Å². The number of hydrogen-bond acceptors (Lipinski definition) is 2. The van der Waals surface area contributed by atoms with Crippen LogP contribution in [0.3, 0.4) is 0 Å². The van der Waals surface area contributed by atoms with Crippen molar-refractivity contribution >= 4 is 10.8 Å². The molecule has 1 aromatic carbocycles. The van der Waals surface area contributed by atoms with Crippen LogP contribution in [0.15, 0.2) is 35.2 Å². The minimum Gasteiger partial charge on any atom is -0.389 e. The average molecular weight is 198 g/mol. The lowest BCUT2D eigenvalue weighted by Gasteiger charge is -2.15. The Morgan fingerprint density at radius 1 is 1.31 bits per heavy atom. The third-order valence-corrected chi connectivity index (χ3v) is 3.26. The maximum Gasteiger partial charge on any atom is 0.0710 e. The van der Waals surface area contributed by atoms with E-state index in [1.54, 1.807) is 13.8 Å². The Morgan fingerprint density at radius 2 is 1.85 bits per heavy atom. The van der Waals surface area contributed by atoms with E-state index >= 15 is 0 Å². The zero-order valence-electron chi connectivity index (χ0n) is 7.86. The van der Waals surface area contributed by atoms with E-state index in [2.05, 4.69) is 0 Å². The molecule has 0 amide bonds. The Morgan fingerprint density at radius 3 is 2.31 bits per heavy atom. The van der Waals surface area contributed by atoms with E-state index in [1.165, 1.54) is 0 Å². The van der Waals surface area contributed by atoms with E-state index in [1.807, 2.05) is 30.3 Å². The summed E-state index contributed by atoms with van der Waals surface area (Å²) in [4.78, 5) is 0.768. The molecule has 0 spiro atoms. The molecule has 0 aliphatic heterocycles. The Bertz CT molecular complexity index is 288. The molecule has 0 aromatic heterocycles. The smallest absolute Gasteiger partial charge is 0.0710 e. The minimum atomic E-state index is -1.10. The average Bonchev–Trinajstić information content (AvgIpc) is 2.03. The number of aliphatic hydroxyl groups is 1. The van der Waals surface area contributed by atoms with Crippen molar-refractivity contribution in [1.29, 1.82) is 0 Å². The van der Waals surface area contributed by atoms with Gasteiger partial charge < -0.3 is 5.11 Å². The fourth-order valence-electron chi connectivity index (χ4n) is 0.976. The first-order valence-electron chi connectivity index (χ1n) is 4.15. The largest absolute Gasteiger partial charge is 0.389 e. The van der Waals surface area contributed by atoms with Crippen molar-refractivity contribution in [2.75, 3.05) is 5.75 Å². The summed E-state index contributed by atoms with van der Waals surface area (Å²) in [6.45, 7) is 3.32. The van der Waals surface area contributed by atoms with Crippen molar-refractivity contribution < 1.29 is 9.32 Å². The van der Waals surface area contributed by atoms with Gasteiger partial charge in [-0.25, -0.2) is 0 Å². The molecular formula is C10H14O2S. The molecule has 3 heteroatoms. The SMILES string of the molecule is CC(C)(O)CS(=O)c1ccccc1. The van der Waals surface area contributed by atoms with Gasteiger partial charge in [-0.1, -0.05) is 18.2 Å². The van der Waals surface area contributed by atoms with Gasteiger partial charge >= 0.3 is 0 Å². The standard InChI is InChI=1S/C10H14O2S/c1-10(2,11)8-13(12)9-6-4-3-5-7-9/h3-7,11H,8H2,1-2H3. The van der Waals surface area contributed by atoms with Gasteiger partial charge in [0.2, 0.25) is 0 Å². The van der Waals surface area contributed by atoms with Crippen LogP contribution in [0.1, 0.15) is 13.8 Å². The van der Waals surface area contributed by atoms with Crippen LogP contribution in [0.2, 0.25) is 0 Å². The first-order valence-corrected chi connectivity index (χ1v) is 5.47. The van der Waals surface area contributed by atoms with Gasteiger partial charge in [-0.05, 0) is 26.0 Å². The highest BCUT2D eigenvalue weighted by atomic mass is 32.2. The van der Waals surface area contributed by atoms with Crippen LogP contribution < -0.4 is 0 Å². The van der Waals surface area contributed by atoms with Crippen LogP contribution >= 0.6 is 0 Å². The highest BCUT2D eigenvalue weighted by Crippen LogP contribution is 2.11. The summed E-state index contributed by atoms with van der Waals surface area (Å²) in [5.41, 5.74) is -0.874. The van der Waals surface area contributed by atoms with E-state index in [9.17, 15) is 9.32 Å². The van der Waals surface area contributed by atoms with E-state index in [0.717, 1.165) is 4.90 Å². The van der Waals surface area contributed by atoms with Crippen molar-refractivity contribution in [1.82, 2.24) is 0 Å². The molecular weight excluding hydrogens is 184 g/mol. The summed E-state index contributed by atoms with van der Waals surface area (Å²) in [6, 6.07) is 9.18. The fourth-order valence-corrected chi connectivity index (χ4v) is 2.25. The lowest BCUT2D eigenvalue weighted by Crippen LogP contribution is -2.27. The van der Waals surface area contributed by atoms with Gasteiger partial charge in [0.05, 0.1) is 22.2 Å². The van der Waals surface area contributed by atoms with Crippen LogP contribution in [0.4, 0.5) is 0 Å². The van der Waals surface area contributed by atoms with Crippen molar-refractivity contribution in [3.05, 3.63) is 30.3 Å². The first kappa shape index (κ1) is 10.4. The van der Waals surface area contributed by atoms with Crippen molar-refractivity contribution in [2.45, 2.75) is 24.3 Å². The van der Waals surface area contributed by atoms with E-state index < -0.39 is 16.4 Å². The predicted molar refractivity (Wildman–Crippen MR) is 54.0 cm³/mol. The Labute approximate surface area is 81.1 Å². The van der Waals surface area contributed by atoms with Crippen molar-refractivity contribution in [2.24, 2.45) is 0 Å². The summed E-state index contributed by atoms with van der Waals surface area (Å²) in [5, 5.41) is 9.46. The normalized spacial score (nSPS) is 14.1. The van der Waals surface area contributed by atoms with Gasteiger partial charge in [-0.3, -0.25) is 4.21 Å². The van der Waals surface area contributed by atoms with Crippen LogP contribution in [0.25, 0.3) is 0 Å². The minimum absolute atomic E-state index is 0.275. The molecule has 1 unspecified atom stereocenters. The van der Waals surface area contributed by atoms with Gasteiger partial charge in [0, 0.05) is 4.90 Å². The Kier molecular flexibility index (Phi) is 3.22. The van der Waals surface area contributed by atoms with Crippen LogP contribution in [-0.4, -0.2) is 20.7 Å². The number of hydrogen-bond donors (Lipinski definition) is 1. The number of benzene rings is 1. The molecule has 2 nitrogen and oxygen atoms in total. The summed E-state index contributed by atoms with van der Waals surface area (Å²) in [5.74, 6) is 0.275. The Balaban J connectivity index is 2.71.